The first-order chi connectivity index (χ1) is 8.27. The highest BCUT2D eigenvalue weighted by Gasteiger charge is 2.11. The molecule has 17 heavy (non-hydrogen) atoms. The van der Waals surface area contributed by atoms with Crippen molar-refractivity contribution in [3.05, 3.63) is 36.0 Å². The summed E-state index contributed by atoms with van der Waals surface area (Å²) in [6.07, 6.45) is 5.89. The topological polar surface area (TPSA) is 73.0 Å². The molecule has 0 fully saturated rings. The van der Waals surface area contributed by atoms with E-state index in [-0.39, 0.29) is 5.91 Å². The third kappa shape index (κ3) is 2.93. The maximum Gasteiger partial charge on any atom is 0.256 e. The van der Waals surface area contributed by atoms with Gasteiger partial charge in [-0.15, -0.1) is 0 Å². The maximum absolute atomic E-state index is 11.7. The Labute approximate surface area is 98.6 Å². The van der Waals surface area contributed by atoms with Gasteiger partial charge in [-0.25, -0.2) is 0 Å². The molecule has 0 atom stereocenters. The fourth-order valence-electron chi connectivity index (χ4n) is 1.49. The number of rotatable bonds is 5. The zero-order valence-electron chi connectivity index (χ0n) is 9.59. The lowest BCUT2D eigenvalue weighted by Gasteiger charge is -2.04. The number of hydrogen-bond acceptors (Lipinski definition) is 4. The fraction of sp³-hybridized carbons (Fsp3) is 0.364. The van der Waals surface area contributed by atoms with Crippen molar-refractivity contribution in [1.29, 1.82) is 0 Å². The highest BCUT2D eigenvalue weighted by molar-refractivity contribution is 5.94. The molecule has 0 saturated heterocycles. The predicted molar refractivity (Wildman–Crippen MR) is 60.4 cm³/mol. The van der Waals surface area contributed by atoms with Crippen LogP contribution >= 0.6 is 0 Å². The van der Waals surface area contributed by atoms with Gasteiger partial charge in [0.15, 0.2) is 0 Å². The number of aryl methyl sites for hydroxylation is 2. The zero-order valence-corrected chi connectivity index (χ0v) is 9.59. The SMILES string of the molecule is Cc1oncc1C(=O)NCCCn1cccn1. The molecule has 0 radical (unpaired) electrons. The molecule has 2 rings (SSSR count). The number of nitrogens with zero attached hydrogens (tertiary/aromatic N) is 3. The van der Waals surface area contributed by atoms with E-state index < -0.39 is 0 Å². The summed E-state index contributed by atoms with van der Waals surface area (Å²) in [7, 11) is 0. The Morgan fingerprint density at radius 3 is 3.12 bits per heavy atom. The summed E-state index contributed by atoms with van der Waals surface area (Å²) in [6, 6.07) is 1.87. The van der Waals surface area contributed by atoms with E-state index in [0.717, 1.165) is 13.0 Å². The maximum atomic E-state index is 11.7. The van der Waals surface area contributed by atoms with Crippen molar-refractivity contribution < 1.29 is 9.32 Å². The minimum atomic E-state index is -0.149. The van der Waals surface area contributed by atoms with Crippen LogP contribution in [0.3, 0.4) is 0 Å². The van der Waals surface area contributed by atoms with E-state index in [0.29, 0.717) is 17.9 Å². The van der Waals surface area contributed by atoms with Crippen LogP contribution in [-0.2, 0) is 6.54 Å². The average Bonchev–Trinajstić information content (AvgIpc) is 2.95. The van der Waals surface area contributed by atoms with Gasteiger partial charge in [0.1, 0.15) is 11.3 Å². The Morgan fingerprint density at radius 2 is 2.47 bits per heavy atom. The van der Waals surface area contributed by atoms with E-state index >= 15 is 0 Å². The molecule has 90 valence electrons. The number of hydrogen-bond donors (Lipinski definition) is 1. The predicted octanol–water partition coefficient (Wildman–Crippen LogP) is 1.000. The van der Waals surface area contributed by atoms with E-state index in [1.54, 1.807) is 13.1 Å². The Hall–Kier alpha value is -2.11. The first-order valence-electron chi connectivity index (χ1n) is 5.44. The van der Waals surface area contributed by atoms with Crippen LogP contribution < -0.4 is 5.32 Å². The lowest BCUT2D eigenvalue weighted by atomic mass is 10.2. The van der Waals surface area contributed by atoms with Crippen LogP contribution in [0.1, 0.15) is 22.5 Å². The van der Waals surface area contributed by atoms with Gasteiger partial charge in [-0.2, -0.15) is 5.10 Å². The van der Waals surface area contributed by atoms with E-state index in [2.05, 4.69) is 15.6 Å². The van der Waals surface area contributed by atoms with E-state index in [9.17, 15) is 4.79 Å². The van der Waals surface area contributed by atoms with Crippen LogP contribution in [0.15, 0.2) is 29.2 Å². The van der Waals surface area contributed by atoms with Crippen molar-refractivity contribution in [2.24, 2.45) is 0 Å². The standard InChI is InChI=1S/C11H14N4O2/c1-9-10(8-14-17-9)11(16)12-4-2-6-15-7-3-5-13-15/h3,5,7-8H,2,4,6H2,1H3,(H,12,16). The number of nitrogens with one attached hydrogen (secondary N) is 1. The van der Waals surface area contributed by atoms with Crippen molar-refractivity contribution in [2.45, 2.75) is 19.9 Å². The van der Waals surface area contributed by atoms with E-state index in [4.69, 9.17) is 4.52 Å². The van der Waals surface area contributed by atoms with Gasteiger partial charge < -0.3 is 9.84 Å². The lowest BCUT2D eigenvalue weighted by Crippen LogP contribution is -2.25. The Bertz CT molecular complexity index is 475. The normalized spacial score (nSPS) is 10.4. The van der Waals surface area contributed by atoms with E-state index in [1.165, 1.54) is 6.20 Å². The molecular formula is C11H14N4O2. The quantitative estimate of drug-likeness (QED) is 0.783. The Kier molecular flexibility index (Phi) is 3.54. The number of amides is 1. The van der Waals surface area contributed by atoms with Crippen LogP contribution in [0.2, 0.25) is 0 Å². The third-order valence-corrected chi connectivity index (χ3v) is 2.40. The number of aromatic nitrogens is 3. The molecule has 0 aliphatic rings. The lowest BCUT2D eigenvalue weighted by molar-refractivity contribution is 0.0951. The number of carbonyl (C=O) groups excluding carboxylic acids is 1. The monoisotopic (exact) mass is 234 g/mol. The largest absolute Gasteiger partial charge is 0.361 e. The molecule has 2 heterocycles. The second kappa shape index (κ2) is 5.29. The minimum absolute atomic E-state index is 0.149. The smallest absolute Gasteiger partial charge is 0.256 e. The van der Waals surface area contributed by atoms with Crippen LogP contribution in [0.4, 0.5) is 0 Å². The van der Waals surface area contributed by atoms with Gasteiger partial charge >= 0.3 is 0 Å². The highest BCUT2D eigenvalue weighted by Crippen LogP contribution is 2.04. The molecule has 2 aromatic heterocycles. The van der Waals surface area contributed by atoms with Crippen LogP contribution in [-0.4, -0.2) is 27.4 Å². The molecule has 6 nitrogen and oxygen atoms in total. The van der Waals surface area contributed by atoms with Crippen molar-refractivity contribution in [3.63, 3.8) is 0 Å². The molecule has 0 aromatic carbocycles. The molecule has 2 aromatic rings. The van der Waals surface area contributed by atoms with Crippen molar-refractivity contribution >= 4 is 5.91 Å². The summed E-state index contributed by atoms with van der Waals surface area (Å²) in [5, 5.41) is 10.4. The van der Waals surface area contributed by atoms with Gasteiger partial charge in [-0.3, -0.25) is 9.48 Å². The van der Waals surface area contributed by atoms with Crippen LogP contribution in [0.25, 0.3) is 0 Å². The second-order valence-corrected chi connectivity index (χ2v) is 3.67. The molecular weight excluding hydrogens is 220 g/mol. The molecule has 0 aliphatic heterocycles. The van der Waals surface area contributed by atoms with Gasteiger partial charge in [0.2, 0.25) is 0 Å². The molecule has 6 heteroatoms. The second-order valence-electron chi connectivity index (χ2n) is 3.67. The Morgan fingerprint density at radius 1 is 1.59 bits per heavy atom. The zero-order chi connectivity index (χ0) is 12.1. The molecule has 1 amide bonds. The molecule has 0 saturated carbocycles. The molecule has 1 N–H and O–H groups in total. The summed E-state index contributed by atoms with van der Waals surface area (Å²) in [4.78, 5) is 11.7. The third-order valence-electron chi connectivity index (χ3n) is 2.40. The van der Waals surface area contributed by atoms with Gasteiger partial charge in [0.25, 0.3) is 5.91 Å². The highest BCUT2D eigenvalue weighted by atomic mass is 16.5. The van der Waals surface area contributed by atoms with Gasteiger partial charge in [0, 0.05) is 25.5 Å². The van der Waals surface area contributed by atoms with Crippen molar-refractivity contribution in [1.82, 2.24) is 20.3 Å². The average molecular weight is 234 g/mol. The molecule has 0 unspecified atom stereocenters. The molecule has 0 spiro atoms. The van der Waals surface area contributed by atoms with Gasteiger partial charge in [-0.05, 0) is 19.4 Å². The fourth-order valence-corrected chi connectivity index (χ4v) is 1.49. The van der Waals surface area contributed by atoms with Crippen LogP contribution in [0, 0.1) is 6.92 Å². The summed E-state index contributed by atoms with van der Waals surface area (Å²) >= 11 is 0. The van der Waals surface area contributed by atoms with Gasteiger partial charge in [0.05, 0.1) is 6.20 Å². The van der Waals surface area contributed by atoms with Crippen LogP contribution in [0.5, 0.6) is 0 Å². The summed E-state index contributed by atoms with van der Waals surface area (Å²) in [5.41, 5.74) is 0.490. The van der Waals surface area contributed by atoms with Crippen molar-refractivity contribution in [2.75, 3.05) is 6.54 Å². The first kappa shape index (κ1) is 11.4. The summed E-state index contributed by atoms with van der Waals surface area (Å²) < 4.78 is 6.66. The summed E-state index contributed by atoms with van der Waals surface area (Å²) in [6.45, 7) is 3.10. The summed E-state index contributed by atoms with van der Waals surface area (Å²) in [5.74, 6) is 0.388. The minimum Gasteiger partial charge on any atom is -0.361 e. The first-order valence-corrected chi connectivity index (χ1v) is 5.44. The Balaban J connectivity index is 1.72. The molecule has 0 aliphatic carbocycles. The van der Waals surface area contributed by atoms with E-state index in [1.807, 2.05) is 16.9 Å². The van der Waals surface area contributed by atoms with Gasteiger partial charge in [-0.1, -0.05) is 5.16 Å². The molecule has 0 bridgehead atoms. The number of carbonyl (C=O) groups is 1. The van der Waals surface area contributed by atoms with Crippen molar-refractivity contribution in [3.8, 4) is 0 Å².